The van der Waals surface area contributed by atoms with Crippen LogP contribution in [0, 0.1) is 0 Å². The molecule has 0 spiro atoms. The van der Waals surface area contributed by atoms with Gasteiger partial charge in [0.1, 0.15) is 6.54 Å². The monoisotopic (exact) mass is 361 g/mol. The smallest absolute Gasteiger partial charge is 0.243 e. The molecule has 142 valence electrons. The average Bonchev–Trinajstić information content (AvgIpc) is 2.94. The van der Waals surface area contributed by atoms with Crippen LogP contribution in [0.2, 0.25) is 0 Å². The molecule has 8 nitrogen and oxygen atoms in total. The summed E-state index contributed by atoms with van der Waals surface area (Å²) in [6, 6.07) is 7.55. The predicted octanol–water partition coefficient (Wildman–Crippen LogP) is 0.814. The first-order valence-corrected chi connectivity index (χ1v) is 8.83. The fraction of sp³-hybridized carbons (Fsp3) is 0.500. The van der Waals surface area contributed by atoms with Crippen molar-refractivity contribution in [2.45, 2.75) is 33.4 Å². The molecule has 0 atom stereocenters. The summed E-state index contributed by atoms with van der Waals surface area (Å²) >= 11 is 0. The van der Waals surface area contributed by atoms with Crippen LogP contribution in [-0.2, 0) is 16.1 Å². The maximum absolute atomic E-state index is 12.8. The number of likely N-dealkylation sites (N-methyl/N-ethyl adjacent to an activating group) is 1. The number of amides is 2. The number of aliphatic hydroxyl groups excluding tert-OH is 1. The molecule has 0 saturated heterocycles. The Morgan fingerprint density at radius 3 is 2.69 bits per heavy atom. The van der Waals surface area contributed by atoms with Gasteiger partial charge in [-0.3, -0.25) is 9.59 Å². The molecule has 2 rings (SSSR count). The minimum absolute atomic E-state index is 0.0273. The van der Waals surface area contributed by atoms with E-state index in [2.05, 4.69) is 15.6 Å². The fourth-order valence-electron chi connectivity index (χ4n) is 2.69. The van der Waals surface area contributed by atoms with Crippen molar-refractivity contribution >= 4 is 28.8 Å². The Labute approximate surface area is 153 Å². The first-order valence-electron chi connectivity index (χ1n) is 8.83. The number of nitrogens with one attached hydrogen (secondary N) is 2. The second kappa shape index (κ2) is 9.19. The number of carbonyl (C=O) groups excluding carboxylic acids is 2. The lowest BCUT2D eigenvalue weighted by Gasteiger charge is -2.22. The third-order valence-electron chi connectivity index (χ3n) is 3.86. The number of aromatic nitrogens is 2. The summed E-state index contributed by atoms with van der Waals surface area (Å²) in [5, 5.41) is 14.9. The number of para-hydroxylation sites is 2. The standard InChI is InChI=1S/C18H27N5O3/c1-4-22(11-16(25)20-13(2)3)17(26)12-23-15-8-6-5-7-14(15)21-18(23)19-9-10-24/h5-8,13,24H,4,9-12H2,1-3H3,(H,19,21)(H,20,25). The van der Waals surface area contributed by atoms with Gasteiger partial charge in [0.05, 0.1) is 24.2 Å². The van der Waals surface area contributed by atoms with Crippen LogP contribution in [0.1, 0.15) is 20.8 Å². The summed E-state index contributed by atoms with van der Waals surface area (Å²) in [5.74, 6) is 0.183. The zero-order valence-corrected chi connectivity index (χ0v) is 15.5. The number of imidazole rings is 1. The van der Waals surface area contributed by atoms with Crippen molar-refractivity contribution < 1.29 is 14.7 Å². The molecule has 0 aliphatic heterocycles. The van der Waals surface area contributed by atoms with Crippen molar-refractivity contribution in [3.63, 3.8) is 0 Å². The van der Waals surface area contributed by atoms with Crippen LogP contribution in [0.25, 0.3) is 11.0 Å². The van der Waals surface area contributed by atoms with Crippen molar-refractivity contribution in [2.75, 3.05) is 31.6 Å². The molecule has 0 aliphatic carbocycles. The molecule has 1 aromatic heterocycles. The second-order valence-electron chi connectivity index (χ2n) is 6.29. The largest absolute Gasteiger partial charge is 0.395 e. The molecule has 0 bridgehead atoms. The number of hydrogen-bond donors (Lipinski definition) is 3. The molecule has 2 amide bonds. The summed E-state index contributed by atoms with van der Waals surface area (Å²) in [7, 11) is 0. The number of aliphatic hydroxyl groups is 1. The van der Waals surface area contributed by atoms with E-state index in [9.17, 15) is 9.59 Å². The number of nitrogens with zero attached hydrogens (tertiary/aromatic N) is 3. The second-order valence-corrected chi connectivity index (χ2v) is 6.29. The lowest BCUT2D eigenvalue weighted by atomic mass is 10.3. The van der Waals surface area contributed by atoms with Crippen LogP contribution in [0.5, 0.6) is 0 Å². The minimum Gasteiger partial charge on any atom is -0.395 e. The molecule has 0 saturated carbocycles. The zero-order chi connectivity index (χ0) is 19.1. The molecule has 1 aromatic carbocycles. The first-order chi connectivity index (χ1) is 12.5. The average molecular weight is 361 g/mol. The van der Waals surface area contributed by atoms with Crippen LogP contribution in [0.4, 0.5) is 5.95 Å². The lowest BCUT2D eigenvalue weighted by molar-refractivity contribution is -0.136. The summed E-state index contributed by atoms with van der Waals surface area (Å²) in [4.78, 5) is 30.7. The summed E-state index contributed by atoms with van der Waals surface area (Å²) < 4.78 is 1.77. The van der Waals surface area contributed by atoms with E-state index in [1.165, 1.54) is 4.90 Å². The molecule has 0 unspecified atom stereocenters. The van der Waals surface area contributed by atoms with Crippen molar-refractivity contribution in [3.8, 4) is 0 Å². The van der Waals surface area contributed by atoms with E-state index in [1.807, 2.05) is 45.0 Å². The Kier molecular flexibility index (Phi) is 6.97. The van der Waals surface area contributed by atoms with Gasteiger partial charge >= 0.3 is 0 Å². The van der Waals surface area contributed by atoms with Gasteiger partial charge in [0.25, 0.3) is 0 Å². The van der Waals surface area contributed by atoms with Crippen LogP contribution < -0.4 is 10.6 Å². The van der Waals surface area contributed by atoms with Crippen molar-refractivity contribution in [3.05, 3.63) is 24.3 Å². The molecular formula is C18H27N5O3. The Balaban J connectivity index is 2.19. The Morgan fingerprint density at radius 2 is 2.04 bits per heavy atom. The third kappa shape index (κ3) is 4.95. The van der Waals surface area contributed by atoms with Crippen molar-refractivity contribution in [1.29, 1.82) is 0 Å². The molecule has 8 heteroatoms. The molecule has 0 aliphatic rings. The number of fused-ring (bicyclic) bond motifs is 1. The summed E-state index contributed by atoms with van der Waals surface area (Å²) in [5.41, 5.74) is 1.59. The van der Waals surface area contributed by atoms with Gasteiger partial charge in [-0.2, -0.15) is 0 Å². The van der Waals surface area contributed by atoms with Gasteiger partial charge in [-0.15, -0.1) is 0 Å². The van der Waals surface area contributed by atoms with Gasteiger partial charge in [0, 0.05) is 19.1 Å². The van der Waals surface area contributed by atoms with Crippen LogP contribution in [-0.4, -0.2) is 63.7 Å². The first kappa shape index (κ1) is 19.7. The normalized spacial score (nSPS) is 11.0. The van der Waals surface area contributed by atoms with Crippen LogP contribution in [0.15, 0.2) is 24.3 Å². The zero-order valence-electron chi connectivity index (χ0n) is 15.5. The van der Waals surface area contributed by atoms with E-state index in [4.69, 9.17) is 5.11 Å². The van der Waals surface area contributed by atoms with E-state index < -0.39 is 0 Å². The molecule has 0 radical (unpaired) electrons. The Morgan fingerprint density at radius 1 is 1.31 bits per heavy atom. The minimum atomic E-state index is -0.177. The van der Waals surface area contributed by atoms with E-state index >= 15 is 0 Å². The molecule has 3 N–H and O–H groups in total. The van der Waals surface area contributed by atoms with Gasteiger partial charge in [0.15, 0.2) is 0 Å². The van der Waals surface area contributed by atoms with E-state index in [1.54, 1.807) is 4.57 Å². The SMILES string of the molecule is CCN(CC(=O)NC(C)C)C(=O)Cn1c(NCCO)nc2ccccc21. The fourth-order valence-corrected chi connectivity index (χ4v) is 2.69. The maximum atomic E-state index is 12.8. The highest BCUT2D eigenvalue weighted by molar-refractivity contribution is 5.86. The van der Waals surface area contributed by atoms with Gasteiger partial charge in [-0.1, -0.05) is 12.1 Å². The van der Waals surface area contributed by atoms with E-state index in [0.29, 0.717) is 19.0 Å². The topological polar surface area (TPSA) is 99.5 Å². The van der Waals surface area contributed by atoms with Gasteiger partial charge < -0.3 is 25.2 Å². The summed E-state index contributed by atoms with van der Waals surface area (Å²) in [6.07, 6.45) is 0. The number of hydrogen-bond acceptors (Lipinski definition) is 5. The highest BCUT2D eigenvalue weighted by atomic mass is 16.3. The maximum Gasteiger partial charge on any atom is 0.243 e. The number of anilines is 1. The van der Waals surface area contributed by atoms with Crippen LogP contribution in [0.3, 0.4) is 0 Å². The Bertz CT molecular complexity index is 756. The van der Waals surface area contributed by atoms with Crippen molar-refractivity contribution in [2.24, 2.45) is 0 Å². The third-order valence-corrected chi connectivity index (χ3v) is 3.86. The Hall–Kier alpha value is -2.61. The van der Waals surface area contributed by atoms with Gasteiger partial charge in [0.2, 0.25) is 17.8 Å². The number of carbonyl (C=O) groups is 2. The quantitative estimate of drug-likeness (QED) is 0.614. The van der Waals surface area contributed by atoms with Crippen molar-refractivity contribution in [1.82, 2.24) is 19.8 Å². The van der Waals surface area contributed by atoms with Gasteiger partial charge in [-0.05, 0) is 32.9 Å². The molecule has 2 aromatic rings. The van der Waals surface area contributed by atoms with Gasteiger partial charge in [-0.25, -0.2) is 4.98 Å². The highest BCUT2D eigenvalue weighted by Gasteiger charge is 2.19. The number of benzene rings is 1. The van der Waals surface area contributed by atoms with Crippen LogP contribution >= 0.6 is 0 Å². The van der Waals surface area contributed by atoms with E-state index in [-0.39, 0.29) is 37.6 Å². The predicted molar refractivity (Wildman–Crippen MR) is 101 cm³/mol. The number of rotatable bonds is 9. The molecule has 1 heterocycles. The molecular weight excluding hydrogens is 334 g/mol. The highest BCUT2D eigenvalue weighted by Crippen LogP contribution is 2.19. The molecule has 26 heavy (non-hydrogen) atoms. The molecule has 0 fully saturated rings. The lowest BCUT2D eigenvalue weighted by Crippen LogP contribution is -2.43. The summed E-state index contributed by atoms with van der Waals surface area (Å²) in [6.45, 7) is 6.45. The van der Waals surface area contributed by atoms with E-state index in [0.717, 1.165) is 11.0 Å².